The average Bonchev–Trinajstić information content (AvgIpc) is 2.21. The van der Waals surface area contributed by atoms with Crippen LogP contribution in [0.15, 0.2) is 0 Å². The largest absolute Gasteiger partial charge is 0.466 e. The highest BCUT2D eigenvalue weighted by atomic mass is 16.5. The number of ether oxygens (including phenoxy) is 1. The molecule has 90 valence electrons. The van der Waals surface area contributed by atoms with Gasteiger partial charge in [-0.3, -0.25) is 14.4 Å². The molecule has 0 spiro atoms. The van der Waals surface area contributed by atoms with Crippen molar-refractivity contribution in [3.8, 4) is 0 Å². The molecule has 0 aromatic heterocycles. The van der Waals surface area contributed by atoms with Crippen molar-refractivity contribution in [3.63, 3.8) is 0 Å². The van der Waals surface area contributed by atoms with Crippen LogP contribution in [0.2, 0.25) is 0 Å². The Morgan fingerprint density at radius 1 is 1.44 bits per heavy atom. The minimum atomic E-state index is -0.956. The molecule has 2 unspecified atom stereocenters. The molecular weight excluding hydrogens is 208 g/mol. The van der Waals surface area contributed by atoms with Gasteiger partial charge in [-0.1, -0.05) is 6.92 Å². The third-order valence-corrected chi connectivity index (χ3v) is 3.32. The molecule has 0 aromatic carbocycles. The number of esters is 1. The molecule has 16 heavy (non-hydrogen) atoms. The van der Waals surface area contributed by atoms with E-state index in [4.69, 9.17) is 4.74 Å². The summed E-state index contributed by atoms with van der Waals surface area (Å²) >= 11 is 0. The van der Waals surface area contributed by atoms with Crippen LogP contribution in [-0.4, -0.2) is 24.1 Å². The summed E-state index contributed by atoms with van der Waals surface area (Å²) in [5.41, 5.74) is -0.956. The van der Waals surface area contributed by atoms with Crippen LogP contribution in [0, 0.1) is 17.3 Å². The molecule has 0 radical (unpaired) electrons. The molecule has 1 fully saturated rings. The molecule has 1 rings (SSSR count). The Morgan fingerprint density at radius 2 is 2.00 bits per heavy atom. The van der Waals surface area contributed by atoms with E-state index < -0.39 is 23.2 Å². The predicted octanol–water partition coefficient (Wildman–Crippen LogP) is 1.37. The van der Waals surface area contributed by atoms with Gasteiger partial charge >= 0.3 is 5.97 Å². The quantitative estimate of drug-likeness (QED) is 0.527. The molecule has 0 aliphatic heterocycles. The molecule has 4 nitrogen and oxygen atoms in total. The Labute approximate surface area is 95.3 Å². The van der Waals surface area contributed by atoms with E-state index in [0.29, 0.717) is 0 Å². The van der Waals surface area contributed by atoms with Gasteiger partial charge in [0.15, 0.2) is 0 Å². The number of ketones is 2. The summed E-state index contributed by atoms with van der Waals surface area (Å²) in [5.74, 6) is -1.82. The summed E-state index contributed by atoms with van der Waals surface area (Å²) in [7, 11) is 0. The monoisotopic (exact) mass is 226 g/mol. The fourth-order valence-corrected chi connectivity index (χ4v) is 2.06. The number of hydrogen-bond acceptors (Lipinski definition) is 4. The maximum absolute atomic E-state index is 11.9. The highest BCUT2D eigenvalue weighted by Crippen LogP contribution is 2.36. The molecule has 0 N–H and O–H groups in total. The van der Waals surface area contributed by atoms with Crippen LogP contribution in [0.25, 0.3) is 0 Å². The van der Waals surface area contributed by atoms with Crippen molar-refractivity contribution in [2.75, 3.05) is 6.61 Å². The summed E-state index contributed by atoms with van der Waals surface area (Å²) in [6.45, 7) is 6.91. The molecule has 0 aromatic rings. The third kappa shape index (κ3) is 2.01. The van der Waals surface area contributed by atoms with Crippen molar-refractivity contribution >= 4 is 17.5 Å². The lowest BCUT2D eigenvalue weighted by atomic mass is 9.66. The van der Waals surface area contributed by atoms with E-state index in [1.165, 1.54) is 0 Å². The Hall–Kier alpha value is -1.19. The van der Waals surface area contributed by atoms with Crippen LogP contribution in [0.4, 0.5) is 0 Å². The van der Waals surface area contributed by atoms with Gasteiger partial charge in [-0.15, -0.1) is 0 Å². The van der Waals surface area contributed by atoms with Crippen molar-refractivity contribution in [1.82, 2.24) is 0 Å². The van der Waals surface area contributed by atoms with Crippen LogP contribution < -0.4 is 0 Å². The molecule has 1 aliphatic carbocycles. The minimum Gasteiger partial charge on any atom is -0.466 e. The van der Waals surface area contributed by atoms with E-state index in [-0.39, 0.29) is 24.6 Å². The molecule has 0 heterocycles. The first-order valence-corrected chi connectivity index (χ1v) is 5.56. The van der Waals surface area contributed by atoms with E-state index in [0.717, 1.165) is 0 Å². The van der Waals surface area contributed by atoms with Crippen LogP contribution in [-0.2, 0) is 19.1 Å². The third-order valence-electron chi connectivity index (χ3n) is 3.32. The van der Waals surface area contributed by atoms with E-state index in [9.17, 15) is 14.4 Å². The summed E-state index contributed by atoms with van der Waals surface area (Å²) < 4.78 is 4.87. The standard InChI is InChI=1S/C12H18O4/c1-5-16-11(15)8-6-9(13)12(3,4)10(14)7(8)2/h7-8H,5-6H2,1-4H3. The lowest BCUT2D eigenvalue weighted by Gasteiger charge is -2.35. The van der Waals surface area contributed by atoms with Crippen LogP contribution >= 0.6 is 0 Å². The smallest absolute Gasteiger partial charge is 0.310 e. The van der Waals surface area contributed by atoms with Crippen LogP contribution in [0.1, 0.15) is 34.1 Å². The second-order valence-electron chi connectivity index (χ2n) is 4.76. The molecule has 0 saturated heterocycles. The van der Waals surface area contributed by atoms with Gasteiger partial charge in [0, 0.05) is 12.3 Å². The van der Waals surface area contributed by atoms with Gasteiger partial charge in [-0.25, -0.2) is 0 Å². The number of carbonyl (C=O) groups excluding carboxylic acids is 3. The minimum absolute atomic E-state index is 0.110. The van der Waals surface area contributed by atoms with Gasteiger partial charge in [0.1, 0.15) is 11.6 Å². The molecule has 0 bridgehead atoms. The zero-order valence-electron chi connectivity index (χ0n) is 10.2. The summed E-state index contributed by atoms with van der Waals surface area (Å²) in [6, 6.07) is 0. The fraction of sp³-hybridized carbons (Fsp3) is 0.750. The summed E-state index contributed by atoms with van der Waals surface area (Å²) in [6.07, 6.45) is 0.110. The molecule has 4 heteroatoms. The topological polar surface area (TPSA) is 60.4 Å². The molecule has 2 atom stereocenters. The van der Waals surface area contributed by atoms with Gasteiger partial charge in [0.05, 0.1) is 17.9 Å². The zero-order chi connectivity index (χ0) is 12.5. The van der Waals surface area contributed by atoms with Crippen molar-refractivity contribution in [2.24, 2.45) is 17.3 Å². The van der Waals surface area contributed by atoms with E-state index in [2.05, 4.69) is 0 Å². The van der Waals surface area contributed by atoms with Gasteiger partial charge in [-0.05, 0) is 20.8 Å². The SMILES string of the molecule is CCOC(=O)C1CC(=O)C(C)(C)C(=O)C1C. The molecule has 1 saturated carbocycles. The first-order chi connectivity index (χ1) is 7.32. The number of carbonyl (C=O) groups is 3. The van der Waals surface area contributed by atoms with Crippen LogP contribution in [0.3, 0.4) is 0 Å². The van der Waals surface area contributed by atoms with Gasteiger partial charge in [0.25, 0.3) is 0 Å². The molecule has 0 amide bonds. The van der Waals surface area contributed by atoms with Crippen molar-refractivity contribution in [2.45, 2.75) is 34.1 Å². The van der Waals surface area contributed by atoms with E-state index in [1.54, 1.807) is 27.7 Å². The van der Waals surface area contributed by atoms with Crippen molar-refractivity contribution in [1.29, 1.82) is 0 Å². The highest BCUT2D eigenvalue weighted by molar-refractivity contribution is 6.11. The average molecular weight is 226 g/mol. The van der Waals surface area contributed by atoms with Gasteiger partial charge in [-0.2, -0.15) is 0 Å². The Bertz CT molecular complexity index is 330. The highest BCUT2D eigenvalue weighted by Gasteiger charge is 2.49. The second-order valence-corrected chi connectivity index (χ2v) is 4.76. The molecular formula is C12H18O4. The second kappa shape index (κ2) is 4.36. The van der Waals surface area contributed by atoms with Gasteiger partial charge < -0.3 is 4.74 Å². The normalized spacial score (nSPS) is 29.0. The Kier molecular flexibility index (Phi) is 3.51. The Balaban J connectivity index is 2.90. The number of Topliss-reactive ketones (excluding diaryl/α,β-unsaturated/α-hetero) is 2. The van der Waals surface area contributed by atoms with Crippen molar-refractivity contribution < 1.29 is 19.1 Å². The first-order valence-electron chi connectivity index (χ1n) is 5.56. The van der Waals surface area contributed by atoms with E-state index >= 15 is 0 Å². The van der Waals surface area contributed by atoms with Gasteiger partial charge in [0.2, 0.25) is 0 Å². The lowest BCUT2D eigenvalue weighted by molar-refractivity contribution is -0.161. The maximum atomic E-state index is 11.9. The number of rotatable bonds is 2. The van der Waals surface area contributed by atoms with Crippen LogP contribution in [0.5, 0.6) is 0 Å². The molecule has 1 aliphatic rings. The number of hydrogen-bond donors (Lipinski definition) is 0. The zero-order valence-corrected chi connectivity index (χ0v) is 10.2. The first kappa shape index (κ1) is 12.9. The summed E-state index contributed by atoms with van der Waals surface area (Å²) in [5, 5.41) is 0. The Morgan fingerprint density at radius 3 is 2.50 bits per heavy atom. The maximum Gasteiger partial charge on any atom is 0.310 e. The summed E-state index contributed by atoms with van der Waals surface area (Å²) in [4.78, 5) is 35.3. The lowest BCUT2D eigenvalue weighted by Crippen LogP contribution is -2.48. The van der Waals surface area contributed by atoms with Crippen molar-refractivity contribution in [3.05, 3.63) is 0 Å². The fourth-order valence-electron chi connectivity index (χ4n) is 2.06. The van der Waals surface area contributed by atoms with E-state index in [1.807, 2.05) is 0 Å². The predicted molar refractivity (Wildman–Crippen MR) is 57.7 cm³/mol.